The van der Waals surface area contributed by atoms with E-state index in [-0.39, 0.29) is 42.0 Å². The molecule has 0 spiro atoms. The standard InChI is InChI=1S/C31H39FN6O4/c1-33-19-28(39)35-29(23-12-17-42-18-13-23)31(41)38-15-4-5-25(38)20-37(16-11-22-7-9-24(32)10-8-22)30(40)26-21-36-14-3-2-6-27(36)34-26/h2-3,6-10,14,21,23,25,29,33H,4-5,11-13,15-20H2,1H3,(H,35,39). The molecule has 2 aliphatic heterocycles. The molecule has 3 amide bonds. The van der Waals surface area contributed by atoms with Crippen molar-refractivity contribution in [1.29, 1.82) is 0 Å². The van der Waals surface area contributed by atoms with Crippen LogP contribution in [0.5, 0.6) is 0 Å². The van der Waals surface area contributed by atoms with E-state index in [2.05, 4.69) is 15.6 Å². The number of likely N-dealkylation sites (tertiary alicyclic amines) is 1. The third-order valence-corrected chi connectivity index (χ3v) is 8.20. The number of carbonyl (C=O) groups excluding carboxylic acids is 3. The average Bonchev–Trinajstić information content (AvgIpc) is 3.66. The second kappa shape index (κ2) is 13.9. The zero-order valence-corrected chi connectivity index (χ0v) is 24.0. The van der Waals surface area contributed by atoms with Crippen LogP contribution in [0.1, 0.15) is 41.7 Å². The first-order chi connectivity index (χ1) is 20.4. The summed E-state index contributed by atoms with van der Waals surface area (Å²) in [5.41, 5.74) is 1.92. The van der Waals surface area contributed by atoms with Crippen LogP contribution in [0.15, 0.2) is 54.9 Å². The summed E-state index contributed by atoms with van der Waals surface area (Å²) in [7, 11) is 1.70. The Morgan fingerprint density at radius 3 is 2.64 bits per heavy atom. The number of halogens is 1. The topological polar surface area (TPSA) is 108 Å². The highest BCUT2D eigenvalue weighted by atomic mass is 19.1. The van der Waals surface area contributed by atoms with Gasteiger partial charge in [-0.2, -0.15) is 0 Å². The van der Waals surface area contributed by atoms with E-state index in [0.29, 0.717) is 63.5 Å². The third kappa shape index (κ3) is 7.14. The van der Waals surface area contributed by atoms with Crippen LogP contribution in [0, 0.1) is 11.7 Å². The number of hydrogen-bond donors (Lipinski definition) is 2. The van der Waals surface area contributed by atoms with Crippen LogP contribution in [-0.2, 0) is 20.7 Å². The lowest BCUT2D eigenvalue weighted by Gasteiger charge is -2.36. The number of amides is 3. The van der Waals surface area contributed by atoms with Gasteiger partial charge in [0.05, 0.1) is 6.54 Å². The lowest BCUT2D eigenvalue weighted by Crippen LogP contribution is -2.56. The highest BCUT2D eigenvalue weighted by molar-refractivity contribution is 5.93. The van der Waals surface area contributed by atoms with Crippen LogP contribution in [0.4, 0.5) is 4.39 Å². The molecule has 0 bridgehead atoms. The summed E-state index contributed by atoms with van der Waals surface area (Å²) in [5, 5.41) is 5.83. The van der Waals surface area contributed by atoms with Gasteiger partial charge in [-0.05, 0) is 74.9 Å². The van der Waals surface area contributed by atoms with E-state index in [1.807, 2.05) is 33.7 Å². The minimum atomic E-state index is -0.642. The Morgan fingerprint density at radius 2 is 1.90 bits per heavy atom. The Bertz CT molecular complexity index is 1340. The molecule has 2 aromatic heterocycles. The summed E-state index contributed by atoms with van der Waals surface area (Å²) < 4.78 is 20.8. The van der Waals surface area contributed by atoms with Gasteiger partial charge in [0.1, 0.15) is 23.2 Å². The van der Waals surface area contributed by atoms with E-state index >= 15 is 0 Å². The van der Waals surface area contributed by atoms with Crippen molar-refractivity contribution >= 4 is 23.4 Å². The molecule has 0 saturated carbocycles. The van der Waals surface area contributed by atoms with Gasteiger partial charge in [-0.3, -0.25) is 14.4 Å². The summed E-state index contributed by atoms with van der Waals surface area (Å²) in [6.45, 7) is 2.54. The second-order valence-corrected chi connectivity index (χ2v) is 11.1. The minimum absolute atomic E-state index is 0.0116. The Hall–Kier alpha value is -3.83. The predicted octanol–water partition coefficient (Wildman–Crippen LogP) is 2.28. The highest BCUT2D eigenvalue weighted by Gasteiger charge is 2.39. The largest absolute Gasteiger partial charge is 0.381 e. The molecule has 0 radical (unpaired) electrons. The highest BCUT2D eigenvalue weighted by Crippen LogP contribution is 2.26. The molecule has 4 heterocycles. The van der Waals surface area contributed by atoms with Gasteiger partial charge in [0.2, 0.25) is 11.8 Å². The Morgan fingerprint density at radius 1 is 1.12 bits per heavy atom. The molecule has 2 aliphatic rings. The number of benzene rings is 1. The van der Waals surface area contributed by atoms with Crippen molar-refractivity contribution in [3.63, 3.8) is 0 Å². The molecule has 2 N–H and O–H groups in total. The van der Waals surface area contributed by atoms with E-state index in [0.717, 1.165) is 18.4 Å². The van der Waals surface area contributed by atoms with E-state index in [1.54, 1.807) is 30.3 Å². The monoisotopic (exact) mass is 578 g/mol. The van der Waals surface area contributed by atoms with Gasteiger partial charge in [0.15, 0.2) is 0 Å². The minimum Gasteiger partial charge on any atom is -0.381 e. The first-order valence-electron chi connectivity index (χ1n) is 14.7. The fraction of sp³-hybridized carbons (Fsp3) is 0.484. The number of nitrogens with one attached hydrogen (secondary N) is 2. The van der Waals surface area contributed by atoms with Crippen molar-refractivity contribution in [2.45, 2.75) is 44.2 Å². The lowest BCUT2D eigenvalue weighted by molar-refractivity contribution is -0.139. The fourth-order valence-electron chi connectivity index (χ4n) is 5.95. The fourth-order valence-corrected chi connectivity index (χ4v) is 5.95. The maximum Gasteiger partial charge on any atom is 0.274 e. The molecule has 2 fully saturated rings. The summed E-state index contributed by atoms with van der Waals surface area (Å²) in [6.07, 6.45) is 7.06. The number of aromatic nitrogens is 2. The van der Waals surface area contributed by atoms with E-state index in [4.69, 9.17) is 4.74 Å². The van der Waals surface area contributed by atoms with E-state index < -0.39 is 6.04 Å². The van der Waals surface area contributed by atoms with Crippen LogP contribution in [0.25, 0.3) is 5.65 Å². The summed E-state index contributed by atoms with van der Waals surface area (Å²) >= 11 is 0. The molecule has 3 aromatic rings. The van der Waals surface area contributed by atoms with Gasteiger partial charge in [-0.1, -0.05) is 18.2 Å². The number of pyridine rings is 1. The van der Waals surface area contributed by atoms with Crippen molar-refractivity contribution in [2.75, 3.05) is 46.4 Å². The van der Waals surface area contributed by atoms with Crippen LogP contribution >= 0.6 is 0 Å². The van der Waals surface area contributed by atoms with E-state index in [1.165, 1.54) is 12.1 Å². The average molecular weight is 579 g/mol. The molecule has 224 valence electrons. The number of carbonyl (C=O) groups is 3. The van der Waals surface area contributed by atoms with Gasteiger partial charge in [0.25, 0.3) is 5.91 Å². The lowest BCUT2D eigenvalue weighted by atomic mass is 9.90. The maximum absolute atomic E-state index is 14.0. The number of imidazole rings is 1. The van der Waals surface area contributed by atoms with Gasteiger partial charge in [0, 0.05) is 51.3 Å². The van der Waals surface area contributed by atoms with Crippen molar-refractivity contribution < 1.29 is 23.5 Å². The molecular formula is C31H39FN6O4. The Balaban J connectivity index is 1.36. The number of likely N-dealkylation sites (N-methyl/N-ethyl adjacent to an activating group) is 1. The SMILES string of the molecule is CNCC(=O)NC(C(=O)N1CCCC1CN(CCc1ccc(F)cc1)C(=O)c1cn2ccccc2n1)C1CCOCC1. The molecule has 2 saturated heterocycles. The zero-order valence-electron chi connectivity index (χ0n) is 24.0. The van der Waals surface area contributed by atoms with Crippen molar-refractivity contribution in [3.05, 3.63) is 71.9 Å². The van der Waals surface area contributed by atoms with Gasteiger partial charge in [-0.25, -0.2) is 9.37 Å². The smallest absolute Gasteiger partial charge is 0.274 e. The number of hydrogen-bond acceptors (Lipinski definition) is 6. The first kappa shape index (κ1) is 29.7. The molecule has 11 heteroatoms. The normalized spacial score (nSPS) is 18.2. The van der Waals surface area contributed by atoms with Crippen LogP contribution < -0.4 is 10.6 Å². The van der Waals surface area contributed by atoms with Crippen molar-refractivity contribution in [1.82, 2.24) is 29.8 Å². The number of fused-ring (bicyclic) bond motifs is 1. The van der Waals surface area contributed by atoms with Crippen molar-refractivity contribution in [2.24, 2.45) is 5.92 Å². The van der Waals surface area contributed by atoms with Crippen LogP contribution in [0.3, 0.4) is 0 Å². The number of ether oxygens (including phenoxy) is 1. The molecule has 0 aliphatic carbocycles. The predicted molar refractivity (Wildman–Crippen MR) is 155 cm³/mol. The Labute approximate surface area is 245 Å². The molecule has 5 rings (SSSR count). The van der Waals surface area contributed by atoms with Crippen molar-refractivity contribution in [3.8, 4) is 0 Å². The summed E-state index contributed by atoms with van der Waals surface area (Å²) in [6, 6.07) is 11.0. The first-order valence-corrected chi connectivity index (χ1v) is 14.7. The number of nitrogens with zero attached hydrogens (tertiary/aromatic N) is 4. The number of rotatable bonds is 11. The molecule has 2 unspecified atom stereocenters. The van der Waals surface area contributed by atoms with Gasteiger partial charge in [-0.15, -0.1) is 0 Å². The second-order valence-electron chi connectivity index (χ2n) is 11.1. The third-order valence-electron chi connectivity index (χ3n) is 8.20. The van der Waals surface area contributed by atoms with E-state index in [9.17, 15) is 18.8 Å². The van der Waals surface area contributed by atoms with Crippen LogP contribution in [0.2, 0.25) is 0 Å². The quantitative estimate of drug-likeness (QED) is 0.362. The molecular weight excluding hydrogens is 539 g/mol. The summed E-state index contributed by atoms with van der Waals surface area (Å²) in [5.74, 6) is -0.864. The molecule has 10 nitrogen and oxygen atoms in total. The summed E-state index contributed by atoms with van der Waals surface area (Å²) in [4.78, 5) is 48.6. The Kier molecular flexibility index (Phi) is 9.81. The molecule has 2 atom stereocenters. The van der Waals surface area contributed by atoms with Gasteiger partial charge >= 0.3 is 0 Å². The maximum atomic E-state index is 14.0. The zero-order chi connectivity index (χ0) is 29.5. The molecule has 42 heavy (non-hydrogen) atoms. The molecule has 1 aromatic carbocycles. The van der Waals surface area contributed by atoms with Gasteiger partial charge < -0.3 is 29.6 Å². The van der Waals surface area contributed by atoms with Crippen LogP contribution in [-0.4, -0.2) is 95.4 Å².